The molecule has 1 saturated heterocycles. The van der Waals surface area contributed by atoms with Gasteiger partial charge in [-0.2, -0.15) is 11.8 Å². The summed E-state index contributed by atoms with van der Waals surface area (Å²) in [4.78, 5) is 6.90. The minimum Gasteiger partial charge on any atom is -0.356 e. The molecule has 1 aliphatic heterocycles. The maximum Gasteiger partial charge on any atom is 0.191 e. The van der Waals surface area contributed by atoms with Crippen LogP contribution in [0.25, 0.3) is 0 Å². The molecule has 0 spiro atoms. The molecule has 0 aromatic heterocycles. The molecule has 0 bridgehead atoms. The minimum absolute atomic E-state index is 0.172. The Hall–Kier alpha value is -0.420. The van der Waals surface area contributed by atoms with E-state index in [1.807, 2.05) is 18.8 Å². The third-order valence-electron chi connectivity index (χ3n) is 4.02. The highest BCUT2D eigenvalue weighted by molar-refractivity contribution is 7.98. The van der Waals surface area contributed by atoms with E-state index < -0.39 is 0 Å². The molecule has 0 aromatic rings. The van der Waals surface area contributed by atoms with Crippen LogP contribution in [0.2, 0.25) is 0 Å². The minimum atomic E-state index is 0.172. The van der Waals surface area contributed by atoms with Gasteiger partial charge < -0.3 is 10.6 Å². The fourth-order valence-electron chi connectivity index (χ4n) is 2.64. The summed E-state index contributed by atoms with van der Waals surface area (Å²) in [6.45, 7) is 11.3. The lowest BCUT2D eigenvalue weighted by Gasteiger charge is -2.43. The SMILES string of the molecule is CN=C(NCCSC)NCC(C)(C)N1CCCC(C)C1. The van der Waals surface area contributed by atoms with E-state index in [2.05, 4.69) is 47.6 Å². The van der Waals surface area contributed by atoms with Crippen molar-refractivity contribution in [1.29, 1.82) is 0 Å². The third-order valence-corrected chi connectivity index (χ3v) is 4.64. The lowest BCUT2D eigenvalue weighted by Crippen LogP contribution is -2.56. The molecular formula is C15H32N4S. The predicted octanol–water partition coefficient (Wildman–Crippen LogP) is 2.02. The number of piperidine rings is 1. The van der Waals surface area contributed by atoms with Crippen molar-refractivity contribution in [2.75, 3.05) is 45.2 Å². The zero-order chi connectivity index (χ0) is 15.0. The van der Waals surface area contributed by atoms with Crippen molar-refractivity contribution in [3.8, 4) is 0 Å². The molecule has 1 heterocycles. The van der Waals surface area contributed by atoms with E-state index in [0.717, 1.165) is 30.7 Å². The summed E-state index contributed by atoms with van der Waals surface area (Å²) in [6, 6.07) is 0. The maximum absolute atomic E-state index is 4.29. The van der Waals surface area contributed by atoms with Crippen LogP contribution in [-0.2, 0) is 0 Å². The van der Waals surface area contributed by atoms with E-state index in [9.17, 15) is 0 Å². The second-order valence-corrected chi connectivity index (χ2v) is 7.34. The van der Waals surface area contributed by atoms with E-state index in [1.165, 1.54) is 25.9 Å². The largest absolute Gasteiger partial charge is 0.356 e. The number of thioether (sulfide) groups is 1. The normalized spacial score (nSPS) is 21.9. The number of nitrogens with zero attached hydrogens (tertiary/aromatic N) is 2. The van der Waals surface area contributed by atoms with Crippen molar-refractivity contribution >= 4 is 17.7 Å². The zero-order valence-corrected chi connectivity index (χ0v) is 14.6. The fourth-order valence-corrected chi connectivity index (χ4v) is 2.95. The van der Waals surface area contributed by atoms with E-state index in [0.29, 0.717) is 0 Å². The zero-order valence-electron chi connectivity index (χ0n) is 13.8. The molecular weight excluding hydrogens is 268 g/mol. The van der Waals surface area contributed by atoms with Gasteiger partial charge in [0.2, 0.25) is 0 Å². The summed E-state index contributed by atoms with van der Waals surface area (Å²) in [5.41, 5.74) is 0.172. The molecule has 0 aliphatic carbocycles. The first-order valence-electron chi connectivity index (χ1n) is 7.68. The number of hydrogen-bond donors (Lipinski definition) is 2. The molecule has 1 aliphatic rings. The lowest BCUT2D eigenvalue weighted by atomic mass is 9.93. The van der Waals surface area contributed by atoms with Gasteiger partial charge >= 0.3 is 0 Å². The summed E-state index contributed by atoms with van der Waals surface area (Å²) in [6.07, 6.45) is 4.82. The first-order chi connectivity index (χ1) is 9.49. The first-order valence-corrected chi connectivity index (χ1v) is 9.07. The van der Waals surface area contributed by atoms with Crippen LogP contribution >= 0.6 is 11.8 Å². The van der Waals surface area contributed by atoms with Gasteiger partial charge in [0.05, 0.1) is 0 Å². The lowest BCUT2D eigenvalue weighted by molar-refractivity contribution is 0.0739. The third kappa shape index (κ3) is 5.92. The number of aliphatic imine (C=N–C) groups is 1. The van der Waals surface area contributed by atoms with E-state index >= 15 is 0 Å². The Bertz CT molecular complexity index is 304. The molecule has 20 heavy (non-hydrogen) atoms. The van der Waals surface area contributed by atoms with Crippen molar-refractivity contribution < 1.29 is 0 Å². The summed E-state index contributed by atoms with van der Waals surface area (Å²) < 4.78 is 0. The number of nitrogens with one attached hydrogen (secondary N) is 2. The number of guanidine groups is 1. The molecule has 1 fully saturated rings. The Morgan fingerprint density at radius 1 is 1.40 bits per heavy atom. The number of hydrogen-bond acceptors (Lipinski definition) is 3. The molecule has 1 rings (SSSR count). The molecule has 5 heteroatoms. The van der Waals surface area contributed by atoms with Crippen molar-refractivity contribution in [3.63, 3.8) is 0 Å². The van der Waals surface area contributed by atoms with Gasteiger partial charge in [0.15, 0.2) is 5.96 Å². The molecule has 1 atom stereocenters. The summed E-state index contributed by atoms with van der Waals surface area (Å²) >= 11 is 1.85. The summed E-state index contributed by atoms with van der Waals surface area (Å²) in [5.74, 6) is 2.84. The average Bonchev–Trinajstić information content (AvgIpc) is 2.42. The van der Waals surface area contributed by atoms with Crippen molar-refractivity contribution in [1.82, 2.24) is 15.5 Å². The van der Waals surface area contributed by atoms with Crippen LogP contribution in [0.5, 0.6) is 0 Å². The molecule has 1 unspecified atom stereocenters. The highest BCUT2D eigenvalue weighted by Crippen LogP contribution is 2.23. The Kier molecular flexibility index (Phi) is 7.74. The number of likely N-dealkylation sites (tertiary alicyclic amines) is 1. The fraction of sp³-hybridized carbons (Fsp3) is 0.933. The molecule has 2 N–H and O–H groups in total. The van der Waals surface area contributed by atoms with Crippen molar-refractivity contribution in [3.05, 3.63) is 0 Å². The summed E-state index contributed by atoms with van der Waals surface area (Å²) in [7, 11) is 1.84. The highest BCUT2D eigenvalue weighted by atomic mass is 32.2. The Morgan fingerprint density at radius 2 is 2.15 bits per heavy atom. The van der Waals surface area contributed by atoms with Gasteiger partial charge in [-0.1, -0.05) is 6.92 Å². The molecule has 0 amide bonds. The van der Waals surface area contributed by atoms with Gasteiger partial charge in [-0.15, -0.1) is 0 Å². The summed E-state index contributed by atoms with van der Waals surface area (Å²) in [5, 5.41) is 6.82. The van der Waals surface area contributed by atoms with Crippen molar-refractivity contribution in [2.45, 2.75) is 39.2 Å². The second-order valence-electron chi connectivity index (χ2n) is 6.35. The molecule has 0 saturated carbocycles. The van der Waals surface area contributed by atoms with Crippen LogP contribution < -0.4 is 10.6 Å². The van der Waals surface area contributed by atoms with Crippen LogP contribution in [0, 0.1) is 5.92 Å². The van der Waals surface area contributed by atoms with E-state index in [4.69, 9.17) is 0 Å². The van der Waals surface area contributed by atoms with Crippen LogP contribution in [0.15, 0.2) is 4.99 Å². The molecule has 0 aromatic carbocycles. The number of rotatable bonds is 6. The Labute approximate surface area is 129 Å². The van der Waals surface area contributed by atoms with Gasteiger partial charge in [0.1, 0.15) is 0 Å². The van der Waals surface area contributed by atoms with Gasteiger partial charge in [-0.3, -0.25) is 9.89 Å². The molecule has 4 nitrogen and oxygen atoms in total. The quantitative estimate of drug-likeness (QED) is 0.447. The van der Waals surface area contributed by atoms with Gasteiger partial charge in [0.25, 0.3) is 0 Å². The standard InChI is InChI=1S/C15H32N4S/c1-13-7-6-9-19(11-13)15(2,3)12-18-14(16-4)17-8-10-20-5/h13H,6-12H2,1-5H3,(H2,16,17,18). The second kappa shape index (κ2) is 8.78. The predicted molar refractivity (Wildman–Crippen MR) is 91.8 cm³/mol. The van der Waals surface area contributed by atoms with Gasteiger partial charge in [-0.25, -0.2) is 0 Å². The van der Waals surface area contributed by atoms with E-state index in [1.54, 1.807) is 0 Å². The first kappa shape index (κ1) is 17.6. The topological polar surface area (TPSA) is 39.7 Å². The molecule has 118 valence electrons. The van der Waals surface area contributed by atoms with Crippen LogP contribution in [-0.4, -0.2) is 61.6 Å². The molecule has 0 radical (unpaired) electrons. The van der Waals surface area contributed by atoms with Crippen LogP contribution in [0.4, 0.5) is 0 Å². The maximum atomic E-state index is 4.29. The van der Waals surface area contributed by atoms with Crippen molar-refractivity contribution in [2.24, 2.45) is 10.9 Å². The Balaban J connectivity index is 2.40. The highest BCUT2D eigenvalue weighted by Gasteiger charge is 2.30. The van der Waals surface area contributed by atoms with E-state index in [-0.39, 0.29) is 5.54 Å². The Morgan fingerprint density at radius 3 is 2.75 bits per heavy atom. The van der Waals surface area contributed by atoms with Crippen LogP contribution in [0.1, 0.15) is 33.6 Å². The smallest absolute Gasteiger partial charge is 0.191 e. The average molecular weight is 301 g/mol. The van der Waals surface area contributed by atoms with Gasteiger partial charge in [-0.05, 0) is 45.4 Å². The van der Waals surface area contributed by atoms with Gasteiger partial charge in [0, 0.05) is 38.0 Å². The monoisotopic (exact) mass is 300 g/mol. The van der Waals surface area contributed by atoms with Crippen LogP contribution in [0.3, 0.4) is 0 Å².